The molecule has 0 saturated carbocycles. The molecule has 2 unspecified atom stereocenters. The third-order valence-corrected chi connectivity index (χ3v) is 3.43. The van der Waals surface area contributed by atoms with Crippen molar-refractivity contribution in [2.45, 2.75) is 32.6 Å². The molecule has 4 nitrogen and oxygen atoms in total. The Bertz CT molecular complexity index is 324. The standard InChI is InChI=1S/C16H27NO3/c1-3-5-7-15(4-2)16(8-6-10-18)12-14(9-11-19)13-17-20/h3-5,7,14,16,18-19H,1,6,8-13H2,2H3/b7-5-,15-4+. The lowest BCUT2D eigenvalue weighted by Crippen LogP contribution is -2.15. The van der Waals surface area contributed by atoms with E-state index in [9.17, 15) is 4.91 Å². The number of hydrogen-bond donors (Lipinski definition) is 2. The molecule has 4 heteroatoms. The highest BCUT2D eigenvalue weighted by atomic mass is 16.3. The van der Waals surface area contributed by atoms with Crippen molar-refractivity contribution in [1.29, 1.82) is 0 Å². The second-order valence-electron chi connectivity index (χ2n) is 4.87. The molecule has 0 aliphatic rings. The highest BCUT2D eigenvalue weighted by Crippen LogP contribution is 2.28. The number of nitrogens with zero attached hydrogens (tertiary/aromatic N) is 1. The number of allylic oxidation sites excluding steroid dienone is 5. The van der Waals surface area contributed by atoms with E-state index >= 15 is 0 Å². The minimum atomic E-state index is 0.0700. The Morgan fingerprint density at radius 3 is 2.55 bits per heavy atom. The van der Waals surface area contributed by atoms with E-state index in [-0.39, 0.29) is 31.6 Å². The van der Waals surface area contributed by atoms with Gasteiger partial charge in [0.2, 0.25) is 0 Å². The first-order chi connectivity index (χ1) is 9.73. The molecule has 2 atom stereocenters. The molecule has 0 amide bonds. The number of aliphatic hydroxyl groups excluding tert-OH is 2. The second-order valence-corrected chi connectivity index (χ2v) is 4.87. The van der Waals surface area contributed by atoms with E-state index in [1.165, 1.54) is 5.57 Å². The fraction of sp³-hybridized carbons (Fsp3) is 0.625. The average Bonchev–Trinajstić information content (AvgIpc) is 2.45. The number of rotatable bonds is 12. The molecule has 0 fully saturated rings. The first kappa shape index (κ1) is 18.7. The molecule has 0 aliphatic carbocycles. The van der Waals surface area contributed by atoms with E-state index in [1.54, 1.807) is 6.08 Å². The Labute approximate surface area is 121 Å². The molecular weight excluding hydrogens is 254 g/mol. The predicted molar refractivity (Wildman–Crippen MR) is 83.4 cm³/mol. The zero-order chi connectivity index (χ0) is 15.2. The maximum atomic E-state index is 10.5. The number of nitroso groups, excluding NO2 is 1. The van der Waals surface area contributed by atoms with Gasteiger partial charge in [-0.05, 0) is 50.0 Å². The molecule has 0 radical (unpaired) electrons. The largest absolute Gasteiger partial charge is 0.396 e. The number of hydrogen-bond acceptors (Lipinski definition) is 4. The Kier molecular flexibility index (Phi) is 12.0. The molecule has 0 heterocycles. The van der Waals surface area contributed by atoms with Gasteiger partial charge < -0.3 is 10.2 Å². The average molecular weight is 281 g/mol. The number of aliphatic hydroxyl groups is 2. The molecule has 0 rings (SSSR count). The fourth-order valence-electron chi connectivity index (χ4n) is 2.38. The molecule has 114 valence electrons. The lowest BCUT2D eigenvalue weighted by molar-refractivity contribution is 0.236. The Balaban J connectivity index is 4.85. The summed E-state index contributed by atoms with van der Waals surface area (Å²) in [6.07, 6.45) is 10.6. The zero-order valence-corrected chi connectivity index (χ0v) is 12.4. The smallest absolute Gasteiger partial charge is 0.0840 e. The third-order valence-electron chi connectivity index (χ3n) is 3.43. The minimum Gasteiger partial charge on any atom is -0.396 e. The summed E-state index contributed by atoms with van der Waals surface area (Å²) in [7, 11) is 0. The molecule has 0 saturated heterocycles. The van der Waals surface area contributed by atoms with Crippen LogP contribution >= 0.6 is 0 Å². The molecule has 0 aliphatic heterocycles. The molecule has 0 aromatic carbocycles. The van der Waals surface area contributed by atoms with Gasteiger partial charge in [0.05, 0.1) is 6.54 Å². The van der Waals surface area contributed by atoms with Gasteiger partial charge >= 0.3 is 0 Å². The summed E-state index contributed by atoms with van der Waals surface area (Å²) >= 11 is 0. The van der Waals surface area contributed by atoms with E-state index < -0.39 is 0 Å². The maximum Gasteiger partial charge on any atom is 0.0840 e. The van der Waals surface area contributed by atoms with Gasteiger partial charge in [-0.3, -0.25) is 0 Å². The van der Waals surface area contributed by atoms with Crippen molar-refractivity contribution in [3.63, 3.8) is 0 Å². The van der Waals surface area contributed by atoms with Gasteiger partial charge in [0, 0.05) is 13.2 Å². The zero-order valence-electron chi connectivity index (χ0n) is 12.4. The van der Waals surface area contributed by atoms with Crippen LogP contribution < -0.4 is 0 Å². The minimum absolute atomic E-state index is 0.0700. The Hall–Kier alpha value is -1.26. The fourth-order valence-corrected chi connectivity index (χ4v) is 2.38. The van der Waals surface area contributed by atoms with Crippen LogP contribution in [-0.2, 0) is 0 Å². The van der Waals surface area contributed by atoms with Crippen molar-refractivity contribution in [2.75, 3.05) is 19.8 Å². The maximum absolute atomic E-state index is 10.5. The van der Waals surface area contributed by atoms with Crippen LogP contribution in [0.2, 0.25) is 0 Å². The SMILES string of the molecule is C=C/C=C\C(=C/C)C(CCCO)CC(CCO)CN=O. The highest BCUT2D eigenvalue weighted by molar-refractivity contribution is 5.23. The van der Waals surface area contributed by atoms with Crippen molar-refractivity contribution in [1.82, 2.24) is 0 Å². The van der Waals surface area contributed by atoms with Crippen LogP contribution in [-0.4, -0.2) is 30.0 Å². The van der Waals surface area contributed by atoms with Crippen LogP contribution in [0, 0.1) is 16.7 Å². The van der Waals surface area contributed by atoms with Gasteiger partial charge in [-0.15, -0.1) is 0 Å². The van der Waals surface area contributed by atoms with Crippen LogP contribution in [0.3, 0.4) is 0 Å². The monoisotopic (exact) mass is 281 g/mol. The van der Waals surface area contributed by atoms with Crippen LogP contribution in [0.4, 0.5) is 0 Å². The summed E-state index contributed by atoms with van der Waals surface area (Å²) in [5, 5.41) is 21.1. The molecule has 0 bridgehead atoms. The topological polar surface area (TPSA) is 69.9 Å². The van der Waals surface area contributed by atoms with E-state index in [1.807, 2.05) is 25.2 Å². The van der Waals surface area contributed by atoms with Crippen molar-refractivity contribution in [3.8, 4) is 0 Å². The Morgan fingerprint density at radius 2 is 2.05 bits per heavy atom. The summed E-state index contributed by atoms with van der Waals surface area (Å²) < 4.78 is 0. The van der Waals surface area contributed by atoms with Gasteiger partial charge in [-0.1, -0.05) is 36.1 Å². The van der Waals surface area contributed by atoms with E-state index in [0.29, 0.717) is 6.42 Å². The van der Waals surface area contributed by atoms with Gasteiger partial charge in [0.1, 0.15) is 0 Å². The van der Waals surface area contributed by atoms with Crippen molar-refractivity contribution >= 4 is 0 Å². The quantitative estimate of drug-likeness (QED) is 0.426. The molecule has 20 heavy (non-hydrogen) atoms. The second kappa shape index (κ2) is 12.8. The highest BCUT2D eigenvalue weighted by Gasteiger charge is 2.18. The van der Waals surface area contributed by atoms with Gasteiger partial charge in [-0.2, -0.15) is 4.91 Å². The Morgan fingerprint density at radius 1 is 1.30 bits per heavy atom. The summed E-state index contributed by atoms with van der Waals surface area (Å²) in [6, 6.07) is 0. The van der Waals surface area contributed by atoms with Crippen molar-refractivity contribution < 1.29 is 10.2 Å². The molecule has 0 aromatic heterocycles. The van der Waals surface area contributed by atoms with E-state index in [4.69, 9.17) is 10.2 Å². The van der Waals surface area contributed by atoms with Crippen LogP contribution in [0.5, 0.6) is 0 Å². The molecule has 0 aromatic rings. The van der Waals surface area contributed by atoms with Crippen molar-refractivity contribution in [3.05, 3.63) is 41.4 Å². The first-order valence-corrected chi connectivity index (χ1v) is 7.19. The van der Waals surface area contributed by atoms with Crippen LogP contribution in [0.1, 0.15) is 32.6 Å². The summed E-state index contributed by atoms with van der Waals surface area (Å²) in [5.41, 5.74) is 1.17. The normalized spacial score (nSPS) is 15.2. The summed E-state index contributed by atoms with van der Waals surface area (Å²) in [6.45, 7) is 6.11. The first-order valence-electron chi connectivity index (χ1n) is 7.19. The van der Waals surface area contributed by atoms with Crippen LogP contribution in [0.25, 0.3) is 0 Å². The lowest BCUT2D eigenvalue weighted by atomic mass is 9.83. The third kappa shape index (κ3) is 8.02. The molecule has 0 spiro atoms. The van der Waals surface area contributed by atoms with Gasteiger partial charge in [0.25, 0.3) is 0 Å². The lowest BCUT2D eigenvalue weighted by Gasteiger charge is -2.22. The molecular formula is C16H27NO3. The van der Waals surface area contributed by atoms with E-state index in [0.717, 1.165) is 19.3 Å². The van der Waals surface area contributed by atoms with Gasteiger partial charge in [0.15, 0.2) is 0 Å². The summed E-state index contributed by atoms with van der Waals surface area (Å²) in [5.74, 6) is 0.356. The van der Waals surface area contributed by atoms with Gasteiger partial charge in [-0.25, -0.2) is 0 Å². The van der Waals surface area contributed by atoms with Crippen molar-refractivity contribution in [2.24, 2.45) is 17.0 Å². The van der Waals surface area contributed by atoms with E-state index in [2.05, 4.69) is 11.8 Å². The van der Waals surface area contributed by atoms with Crippen LogP contribution in [0.15, 0.2) is 41.6 Å². The molecule has 2 N–H and O–H groups in total. The summed E-state index contributed by atoms with van der Waals surface area (Å²) in [4.78, 5) is 10.5. The predicted octanol–water partition coefficient (Wildman–Crippen LogP) is 3.22.